The zero-order valence-electron chi connectivity index (χ0n) is 11.3. The lowest BCUT2D eigenvalue weighted by Crippen LogP contribution is -2.46. The van der Waals surface area contributed by atoms with Crippen LogP contribution in [0, 0.1) is 5.92 Å². The topological polar surface area (TPSA) is 66.6 Å². The van der Waals surface area contributed by atoms with Gasteiger partial charge in [0.1, 0.15) is 13.1 Å². The Hall–Kier alpha value is -1.31. The standard InChI is InChI=1S/C11H20F3N3O2/c1-8(4-5-15)10(19)17(7-11(12,13)14)6-9(18)16(2)3/h8H,4-7,15H2,1-3H3. The molecule has 0 aromatic carbocycles. The van der Waals surface area contributed by atoms with E-state index >= 15 is 0 Å². The lowest BCUT2D eigenvalue weighted by molar-refractivity contribution is -0.166. The van der Waals surface area contributed by atoms with E-state index in [2.05, 4.69) is 0 Å². The van der Waals surface area contributed by atoms with Crippen LogP contribution in [0.15, 0.2) is 0 Å². The number of hydrogen-bond acceptors (Lipinski definition) is 3. The number of hydrogen-bond donors (Lipinski definition) is 1. The molecule has 0 aliphatic heterocycles. The minimum atomic E-state index is -4.54. The molecular weight excluding hydrogens is 263 g/mol. The van der Waals surface area contributed by atoms with Gasteiger partial charge >= 0.3 is 6.18 Å². The lowest BCUT2D eigenvalue weighted by atomic mass is 10.1. The first-order valence-electron chi connectivity index (χ1n) is 5.84. The van der Waals surface area contributed by atoms with E-state index < -0.39 is 37.0 Å². The van der Waals surface area contributed by atoms with Crippen molar-refractivity contribution in [1.29, 1.82) is 0 Å². The molecule has 0 aliphatic rings. The molecule has 0 spiro atoms. The Morgan fingerprint density at radius 1 is 1.26 bits per heavy atom. The third-order valence-electron chi connectivity index (χ3n) is 2.53. The molecule has 1 atom stereocenters. The Morgan fingerprint density at radius 3 is 2.16 bits per heavy atom. The monoisotopic (exact) mass is 283 g/mol. The summed E-state index contributed by atoms with van der Waals surface area (Å²) in [6, 6.07) is 0. The Kier molecular flexibility index (Phi) is 6.82. The summed E-state index contributed by atoms with van der Waals surface area (Å²) >= 11 is 0. The number of rotatable bonds is 6. The number of likely N-dealkylation sites (N-methyl/N-ethyl adjacent to an activating group) is 1. The highest BCUT2D eigenvalue weighted by Crippen LogP contribution is 2.18. The molecule has 5 nitrogen and oxygen atoms in total. The van der Waals surface area contributed by atoms with E-state index in [1.165, 1.54) is 21.0 Å². The lowest BCUT2D eigenvalue weighted by Gasteiger charge is -2.27. The third kappa shape index (κ3) is 7.00. The fourth-order valence-electron chi connectivity index (χ4n) is 1.42. The number of carbonyl (C=O) groups excluding carboxylic acids is 2. The average Bonchev–Trinajstić information content (AvgIpc) is 2.25. The molecule has 8 heteroatoms. The molecule has 0 saturated carbocycles. The molecule has 0 fully saturated rings. The van der Waals surface area contributed by atoms with Gasteiger partial charge in [-0.3, -0.25) is 9.59 Å². The molecular formula is C11H20F3N3O2. The van der Waals surface area contributed by atoms with Gasteiger partial charge in [0.25, 0.3) is 0 Å². The smallest absolute Gasteiger partial charge is 0.347 e. The van der Waals surface area contributed by atoms with E-state index in [0.29, 0.717) is 4.90 Å². The van der Waals surface area contributed by atoms with Crippen molar-refractivity contribution in [2.24, 2.45) is 11.7 Å². The summed E-state index contributed by atoms with van der Waals surface area (Å²) in [5.41, 5.74) is 5.28. The van der Waals surface area contributed by atoms with Crippen LogP contribution in [0.1, 0.15) is 13.3 Å². The van der Waals surface area contributed by atoms with E-state index in [1.807, 2.05) is 0 Å². The molecule has 2 N–H and O–H groups in total. The summed E-state index contributed by atoms with van der Waals surface area (Å²) in [4.78, 5) is 25.0. The number of amides is 2. The van der Waals surface area contributed by atoms with Gasteiger partial charge in [-0.2, -0.15) is 13.2 Å². The van der Waals surface area contributed by atoms with Gasteiger partial charge in [-0.1, -0.05) is 6.92 Å². The molecule has 0 aliphatic carbocycles. The van der Waals surface area contributed by atoms with Crippen LogP contribution in [-0.4, -0.2) is 61.5 Å². The van der Waals surface area contributed by atoms with Gasteiger partial charge in [0, 0.05) is 20.0 Å². The van der Waals surface area contributed by atoms with Crippen LogP contribution in [0.3, 0.4) is 0 Å². The zero-order chi connectivity index (χ0) is 15.2. The number of halogens is 3. The highest BCUT2D eigenvalue weighted by molar-refractivity contribution is 5.85. The molecule has 0 aromatic heterocycles. The van der Waals surface area contributed by atoms with Crippen molar-refractivity contribution < 1.29 is 22.8 Å². The second-order valence-electron chi connectivity index (χ2n) is 4.58. The van der Waals surface area contributed by atoms with Crippen LogP contribution >= 0.6 is 0 Å². The van der Waals surface area contributed by atoms with Crippen molar-refractivity contribution in [3.63, 3.8) is 0 Å². The summed E-state index contributed by atoms with van der Waals surface area (Å²) in [6.45, 7) is -0.312. The van der Waals surface area contributed by atoms with Crippen molar-refractivity contribution >= 4 is 11.8 Å². The van der Waals surface area contributed by atoms with Gasteiger partial charge in [0.05, 0.1) is 0 Å². The molecule has 0 heterocycles. The Bertz CT molecular complexity index is 319. The summed E-state index contributed by atoms with van der Waals surface area (Å²) in [5, 5.41) is 0. The first-order valence-corrected chi connectivity index (χ1v) is 5.84. The van der Waals surface area contributed by atoms with E-state index in [-0.39, 0.29) is 13.0 Å². The van der Waals surface area contributed by atoms with Crippen molar-refractivity contribution in [3.8, 4) is 0 Å². The van der Waals surface area contributed by atoms with Gasteiger partial charge in [-0.25, -0.2) is 0 Å². The van der Waals surface area contributed by atoms with Crippen LogP contribution in [0.2, 0.25) is 0 Å². The van der Waals surface area contributed by atoms with Crippen LogP contribution in [0.4, 0.5) is 13.2 Å². The summed E-state index contributed by atoms with van der Waals surface area (Å²) in [5.74, 6) is -1.90. The maximum Gasteiger partial charge on any atom is 0.406 e. The molecule has 19 heavy (non-hydrogen) atoms. The number of carbonyl (C=O) groups is 2. The Labute approximate surface area is 110 Å². The predicted molar refractivity (Wildman–Crippen MR) is 64.2 cm³/mol. The molecule has 1 unspecified atom stereocenters. The summed E-state index contributed by atoms with van der Waals surface area (Å²) in [6.07, 6.45) is -4.26. The average molecular weight is 283 g/mol. The number of nitrogens with two attached hydrogens (primary N) is 1. The Balaban J connectivity index is 4.85. The molecule has 0 rings (SSSR count). The molecule has 112 valence electrons. The van der Waals surface area contributed by atoms with E-state index in [9.17, 15) is 22.8 Å². The number of alkyl halides is 3. The quantitative estimate of drug-likeness (QED) is 0.769. The van der Waals surface area contributed by atoms with Gasteiger partial charge in [0.15, 0.2) is 0 Å². The van der Waals surface area contributed by atoms with E-state index in [4.69, 9.17) is 5.73 Å². The third-order valence-corrected chi connectivity index (χ3v) is 2.53. The highest BCUT2D eigenvalue weighted by Gasteiger charge is 2.35. The molecule has 0 saturated heterocycles. The summed E-state index contributed by atoms with van der Waals surface area (Å²) < 4.78 is 37.3. The van der Waals surface area contributed by atoms with Crippen LogP contribution in [-0.2, 0) is 9.59 Å². The van der Waals surface area contributed by atoms with Crippen LogP contribution in [0.25, 0.3) is 0 Å². The van der Waals surface area contributed by atoms with Crippen LogP contribution in [0.5, 0.6) is 0 Å². The zero-order valence-corrected chi connectivity index (χ0v) is 11.3. The maximum absolute atomic E-state index is 12.4. The molecule has 2 amide bonds. The first kappa shape index (κ1) is 17.7. The van der Waals surface area contributed by atoms with Gasteiger partial charge in [0.2, 0.25) is 11.8 Å². The normalized spacial score (nSPS) is 13.0. The van der Waals surface area contributed by atoms with Gasteiger partial charge in [-0.05, 0) is 13.0 Å². The van der Waals surface area contributed by atoms with Crippen molar-refractivity contribution in [1.82, 2.24) is 9.80 Å². The van der Waals surface area contributed by atoms with Crippen molar-refractivity contribution in [3.05, 3.63) is 0 Å². The van der Waals surface area contributed by atoms with Crippen molar-refractivity contribution in [2.75, 3.05) is 33.7 Å². The van der Waals surface area contributed by atoms with Crippen LogP contribution < -0.4 is 5.73 Å². The molecule has 0 bridgehead atoms. The predicted octanol–water partition coefficient (Wildman–Crippen LogP) is 0.450. The van der Waals surface area contributed by atoms with Gasteiger partial charge < -0.3 is 15.5 Å². The van der Waals surface area contributed by atoms with E-state index in [1.54, 1.807) is 0 Å². The minimum absolute atomic E-state index is 0.203. The highest BCUT2D eigenvalue weighted by atomic mass is 19.4. The van der Waals surface area contributed by atoms with E-state index in [0.717, 1.165) is 4.90 Å². The fraction of sp³-hybridized carbons (Fsp3) is 0.818. The minimum Gasteiger partial charge on any atom is -0.347 e. The SMILES string of the molecule is CC(CCN)C(=O)N(CC(=O)N(C)C)CC(F)(F)F. The largest absolute Gasteiger partial charge is 0.406 e. The second kappa shape index (κ2) is 7.32. The Morgan fingerprint density at radius 2 is 1.79 bits per heavy atom. The second-order valence-corrected chi connectivity index (χ2v) is 4.58. The molecule has 0 radical (unpaired) electrons. The number of nitrogens with zero attached hydrogens (tertiary/aromatic N) is 2. The van der Waals surface area contributed by atoms with Gasteiger partial charge in [-0.15, -0.1) is 0 Å². The molecule has 0 aromatic rings. The fourth-order valence-corrected chi connectivity index (χ4v) is 1.42. The summed E-state index contributed by atoms with van der Waals surface area (Å²) in [7, 11) is 2.84. The first-order chi connectivity index (χ1) is 8.58. The maximum atomic E-state index is 12.4. The van der Waals surface area contributed by atoms with Crippen molar-refractivity contribution in [2.45, 2.75) is 19.5 Å².